The van der Waals surface area contributed by atoms with E-state index in [0.29, 0.717) is 5.02 Å². The molecule has 0 radical (unpaired) electrons. The van der Waals surface area contributed by atoms with Crippen LogP contribution >= 0.6 is 11.6 Å². The van der Waals surface area contributed by atoms with E-state index in [-0.39, 0.29) is 12.2 Å². The summed E-state index contributed by atoms with van der Waals surface area (Å²) in [6, 6.07) is 5.97. The smallest absolute Gasteiger partial charge is 0.377 e. The molecule has 18 heavy (non-hydrogen) atoms. The summed E-state index contributed by atoms with van der Waals surface area (Å²) in [4.78, 5) is 27.0. The Bertz CT molecular complexity index is 470. The summed E-state index contributed by atoms with van der Waals surface area (Å²) in [6.07, 6.45) is 0. The van der Waals surface area contributed by atoms with Gasteiger partial charge < -0.3 is 15.3 Å². The molecule has 0 aromatic heterocycles. The number of carbonyl (C=O) groups excluding carboxylic acids is 2. The molecule has 96 valence electrons. The van der Waals surface area contributed by atoms with Crippen molar-refractivity contribution in [1.82, 2.24) is 0 Å². The summed E-state index contributed by atoms with van der Waals surface area (Å²) in [6.45, 7) is 1.77. The third-order valence-electron chi connectivity index (χ3n) is 1.79. The molecule has 0 saturated carbocycles. The molecule has 0 aliphatic heterocycles. The molecule has 0 saturated heterocycles. The lowest BCUT2D eigenvalue weighted by Gasteiger charge is -2.01. The van der Waals surface area contributed by atoms with Crippen LogP contribution in [0.15, 0.2) is 29.4 Å². The average Bonchev–Trinajstić information content (AvgIpc) is 2.36. The standard InChI is InChI=1S/C11H11ClN2O4/c1-2-17-11(16)9(13)14-18-10(15)7-3-5-8(12)6-4-7/h3-6H,2H2,1H3,(H2,13,14). The van der Waals surface area contributed by atoms with E-state index in [9.17, 15) is 9.59 Å². The Balaban J connectivity index is 2.63. The zero-order valence-corrected chi connectivity index (χ0v) is 10.3. The van der Waals surface area contributed by atoms with Crippen LogP contribution in [-0.2, 0) is 14.4 Å². The molecule has 0 aliphatic rings. The van der Waals surface area contributed by atoms with Crippen LogP contribution in [-0.4, -0.2) is 24.4 Å². The first-order chi connectivity index (χ1) is 8.54. The minimum absolute atomic E-state index is 0.153. The van der Waals surface area contributed by atoms with Crippen LogP contribution in [0.4, 0.5) is 0 Å². The van der Waals surface area contributed by atoms with Gasteiger partial charge in [0.2, 0.25) is 5.84 Å². The molecule has 0 aliphatic carbocycles. The second-order valence-electron chi connectivity index (χ2n) is 3.08. The highest BCUT2D eigenvalue weighted by atomic mass is 35.5. The van der Waals surface area contributed by atoms with Crippen LogP contribution in [0.1, 0.15) is 17.3 Å². The van der Waals surface area contributed by atoms with Gasteiger partial charge in [0.05, 0.1) is 12.2 Å². The van der Waals surface area contributed by atoms with Crippen LogP contribution in [0.3, 0.4) is 0 Å². The number of ether oxygens (including phenoxy) is 1. The lowest BCUT2D eigenvalue weighted by Crippen LogP contribution is -2.26. The van der Waals surface area contributed by atoms with Crippen molar-refractivity contribution >= 4 is 29.4 Å². The molecule has 0 bridgehead atoms. The first kappa shape index (κ1) is 14.0. The predicted molar refractivity (Wildman–Crippen MR) is 65.1 cm³/mol. The van der Waals surface area contributed by atoms with E-state index in [1.165, 1.54) is 24.3 Å². The number of amidine groups is 1. The average molecular weight is 271 g/mol. The van der Waals surface area contributed by atoms with Crippen molar-refractivity contribution in [3.05, 3.63) is 34.9 Å². The van der Waals surface area contributed by atoms with E-state index in [2.05, 4.69) is 14.7 Å². The summed E-state index contributed by atoms with van der Waals surface area (Å²) >= 11 is 5.66. The van der Waals surface area contributed by atoms with E-state index in [1.54, 1.807) is 6.92 Å². The summed E-state index contributed by atoms with van der Waals surface area (Å²) in [5.41, 5.74) is 5.47. The molecular weight excluding hydrogens is 260 g/mol. The number of carbonyl (C=O) groups is 2. The first-order valence-corrected chi connectivity index (χ1v) is 5.40. The summed E-state index contributed by atoms with van der Waals surface area (Å²) in [7, 11) is 0. The van der Waals surface area contributed by atoms with Gasteiger partial charge in [0.1, 0.15) is 0 Å². The Morgan fingerprint density at radius 1 is 1.33 bits per heavy atom. The van der Waals surface area contributed by atoms with Gasteiger partial charge in [-0.25, -0.2) is 9.59 Å². The molecule has 7 heteroatoms. The zero-order valence-electron chi connectivity index (χ0n) is 9.55. The normalized spacial score (nSPS) is 10.9. The van der Waals surface area contributed by atoms with Crippen molar-refractivity contribution in [2.75, 3.05) is 6.61 Å². The van der Waals surface area contributed by atoms with Crippen LogP contribution in [0.2, 0.25) is 5.02 Å². The molecule has 0 fully saturated rings. The van der Waals surface area contributed by atoms with Crippen LogP contribution in [0.5, 0.6) is 0 Å². The third kappa shape index (κ3) is 4.06. The Kier molecular flexibility index (Phi) is 5.13. The minimum atomic E-state index is -0.846. The number of halogens is 1. The Morgan fingerprint density at radius 2 is 1.94 bits per heavy atom. The van der Waals surface area contributed by atoms with E-state index in [0.717, 1.165) is 0 Å². The van der Waals surface area contributed by atoms with Gasteiger partial charge in [-0.1, -0.05) is 11.6 Å². The van der Waals surface area contributed by atoms with Crippen molar-refractivity contribution in [3.63, 3.8) is 0 Å². The lowest BCUT2D eigenvalue weighted by molar-refractivity contribution is -0.135. The SMILES string of the molecule is CCOC(=O)C(N)=NOC(=O)c1ccc(Cl)cc1. The van der Waals surface area contributed by atoms with Crippen molar-refractivity contribution in [1.29, 1.82) is 0 Å². The first-order valence-electron chi connectivity index (χ1n) is 5.02. The Labute approximate surface area is 108 Å². The number of esters is 1. The molecule has 0 unspecified atom stereocenters. The van der Waals surface area contributed by atoms with Gasteiger partial charge in [0.25, 0.3) is 0 Å². The van der Waals surface area contributed by atoms with Gasteiger partial charge in [-0.2, -0.15) is 0 Å². The zero-order chi connectivity index (χ0) is 13.5. The fourth-order valence-electron chi connectivity index (χ4n) is 0.972. The van der Waals surface area contributed by atoms with Crippen LogP contribution in [0.25, 0.3) is 0 Å². The van der Waals surface area contributed by atoms with Gasteiger partial charge in [-0.15, -0.1) is 0 Å². The number of hydrogen-bond acceptors (Lipinski definition) is 5. The molecule has 0 atom stereocenters. The van der Waals surface area contributed by atoms with E-state index >= 15 is 0 Å². The maximum atomic E-state index is 11.5. The quantitative estimate of drug-likeness (QED) is 0.294. The summed E-state index contributed by atoms with van der Waals surface area (Å²) < 4.78 is 4.55. The van der Waals surface area contributed by atoms with Gasteiger partial charge in [-0.3, -0.25) is 0 Å². The molecular formula is C11H11ClN2O4. The largest absolute Gasteiger partial charge is 0.460 e. The van der Waals surface area contributed by atoms with Crippen molar-refractivity contribution in [2.24, 2.45) is 10.9 Å². The highest BCUT2D eigenvalue weighted by molar-refractivity contribution is 6.34. The summed E-state index contributed by atoms with van der Waals surface area (Å²) in [5, 5.41) is 3.67. The van der Waals surface area contributed by atoms with Gasteiger partial charge in [-0.05, 0) is 36.3 Å². The number of nitrogens with zero attached hydrogens (tertiary/aromatic N) is 1. The number of rotatable bonds is 3. The molecule has 6 nitrogen and oxygen atoms in total. The van der Waals surface area contributed by atoms with Crippen LogP contribution < -0.4 is 5.73 Å². The molecule has 0 amide bonds. The molecule has 0 heterocycles. The monoisotopic (exact) mass is 270 g/mol. The minimum Gasteiger partial charge on any atom is -0.460 e. The highest BCUT2D eigenvalue weighted by Gasteiger charge is 2.11. The highest BCUT2D eigenvalue weighted by Crippen LogP contribution is 2.10. The van der Waals surface area contributed by atoms with Crippen molar-refractivity contribution < 1.29 is 19.2 Å². The fourth-order valence-corrected chi connectivity index (χ4v) is 1.10. The Hall–Kier alpha value is -2.08. The molecule has 1 rings (SSSR count). The second kappa shape index (κ2) is 6.61. The molecule has 0 spiro atoms. The predicted octanol–water partition coefficient (Wildman–Crippen LogP) is 1.33. The number of benzene rings is 1. The van der Waals surface area contributed by atoms with E-state index in [4.69, 9.17) is 17.3 Å². The number of nitrogens with two attached hydrogens (primary N) is 1. The van der Waals surface area contributed by atoms with Gasteiger partial charge >= 0.3 is 11.9 Å². The summed E-state index contributed by atoms with van der Waals surface area (Å²) in [5.74, 6) is -2.13. The Morgan fingerprint density at radius 3 is 2.50 bits per heavy atom. The van der Waals surface area contributed by atoms with E-state index < -0.39 is 17.8 Å². The van der Waals surface area contributed by atoms with E-state index in [1.807, 2.05) is 0 Å². The topological polar surface area (TPSA) is 91.0 Å². The lowest BCUT2D eigenvalue weighted by atomic mass is 10.2. The molecule has 1 aromatic carbocycles. The second-order valence-corrected chi connectivity index (χ2v) is 3.52. The molecule has 1 aromatic rings. The number of oxime groups is 1. The van der Waals surface area contributed by atoms with Crippen molar-refractivity contribution in [3.8, 4) is 0 Å². The van der Waals surface area contributed by atoms with Crippen LogP contribution in [0, 0.1) is 0 Å². The van der Waals surface area contributed by atoms with Gasteiger partial charge in [0.15, 0.2) is 0 Å². The van der Waals surface area contributed by atoms with Crippen molar-refractivity contribution in [2.45, 2.75) is 6.92 Å². The fraction of sp³-hybridized carbons (Fsp3) is 0.182. The maximum Gasteiger partial charge on any atom is 0.377 e. The molecule has 2 N–H and O–H groups in total. The third-order valence-corrected chi connectivity index (χ3v) is 2.04. The maximum absolute atomic E-state index is 11.5. The number of hydrogen-bond donors (Lipinski definition) is 1. The van der Waals surface area contributed by atoms with Gasteiger partial charge in [0, 0.05) is 5.02 Å².